The van der Waals surface area contributed by atoms with Gasteiger partial charge in [0.25, 0.3) is 0 Å². The fourth-order valence-corrected chi connectivity index (χ4v) is 2.89. The number of amides is 2. The van der Waals surface area contributed by atoms with Gasteiger partial charge in [0.1, 0.15) is 6.33 Å². The first-order valence-electron chi connectivity index (χ1n) is 7.23. The lowest BCUT2D eigenvalue weighted by molar-refractivity contribution is 0.230. The summed E-state index contributed by atoms with van der Waals surface area (Å²) in [6, 6.07) is 7.85. The minimum absolute atomic E-state index is 0.160. The van der Waals surface area contributed by atoms with Crippen LogP contribution in [0.3, 0.4) is 0 Å². The fourth-order valence-electron chi connectivity index (χ4n) is 2.89. The first-order valence-corrected chi connectivity index (χ1v) is 7.23. The monoisotopic (exact) mass is 272 g/mol. The van der Waals surface area contributed by atoms with Crippen LogP contribution in [0.1, 0.15) is 32.6 Å². The van der Waals surface area contributed by atoms with Crippen LogP contribution in [0.2, 0.25) is 0 Å². The molecule has 2 amide bonds. The second-order valence-corrected chi connectivity index (χ2v) is 5.56. The molecule has 1 fully saturated rings. The Hall–Kier alpha value is -2.04. The van der Waals surface area contributed by atoms with Crippen molar-refractivity contribution in [1.82, 2.24) is 15.0 Å². The van der Waals surface area contributed by atoms with Crippen molar-refractivity contribution in [3.8, 4) is 0 Å². The van der Waals surface area contributed by atoms with Gasteiger partial charge in [0.15, 0.2) is 0 Å². The van der Waals surface area contributed by atoms with E-state index in [-0.39, 0.29) is 12.1 Å². The SMILES string of the molecule is C[C@@H]1CCCC[C@@H]1NC(=O)Nn1cnc2ccccc21. The maximum absolute atomic E-state index is 12.1. The predicted molar refractivity (Wildman–Crippen MR) is 79.0 cm³/mol. The number of imidazole rings is 1. The zero-order valence-electron chi connectivity index (χ0n) is 11.7. The minimum atomic E-state index is -0.160. The first-order chi connectivity index (χ1) is 9.74. The van der Waals surface area contributed by atoms with Crippen molar-refractivity contribution < 1.29 is 4.79 Å². The molecule has 20 heavy (non-hydrogen) atoms. The Bertz CT molecular complexity index is 607. The van der Waals surface area contributed by atoms with Crippen LogP contribution in [-0.2, 0) is 0 Å². The molecule has 3 rings (SSSR count). The lowest BCUT2D eigenvalue weighted by atomic mass is 9.86. The molecule has 106 valence electrons. The number of aromatic nitrogens is 2. The summed E-state index contributed by atoms with van der Waals surface area (Å²) in [4.78, 5) is 16.4. The van der Waals surface area contributed by atoms with Crippen LogP contribution in [0.15, 0.2) is 30.6 Å². The second kappa shape index (κ2) is 5.53. The molecule has 0 spiro atoms. The van der Waals surface area contributed by atoms with E-state index >= 15 is 0 Å². The third-order valence-corrected chi connectivity index (χ3v) is 4.10. The van der Waals surface area contributed by atoms with E-state index in [1.165, 1.54) is 19.3 Å². The number of nitrogens with zero attached hydrogens (tertiary/aromatic N) is 2. The molecule has 1 heterocycles. The standard InChI is InChI=1S/C15H20N4O/c1-11-6-2-3-7-12(11)17-15(20)18-19-10-16-13-8-4-5-9-14(13)19/h4-5,8-12H,2-3,6-7H2,1H3,(H2,17,18,20)/t11-,12+/m1/s1. The van der Waals surface area contributed by atoms with Gasteiger partial charge in [-0.15, -0.1) is 0 Å². The molecule has 2 N–H and O–H groups in total. The smallest absolute Gasteiger partial charge is 0.334 e. The first kappa shape index (κ1) is 13.0. The number of urea groups is 1. The van der Waals surface area contributed by atoms with Crippen LogP contribution in [-0.4, -0.2) is 21.7 Å². The highest BCUT2D eigenvalue weighted by atomic mass is 16.2. The highest BCUT2D eigenvalue weighted by Gasteiger charge is 2.22. The average Bonchev–Trinajstić information content (AvgIpc) is 2.85. The van der Waals surface area contributed by atoms with E-state index in [9.17, 15) is 4.79 Å². The summed E-state index contributed by atoms with van der Waals surface area (Å²) in [7, 11) is 0. The van der Waals surface area contributed by atoms with Gasteiger partial charge in [-0.25, -0.2) is 19.9 Å². The van der Waals surface area contributed by atoms with Gasteiger partial charge in [0.2, 0.25) is 0 Å². The molecule has 0 saturated heterocycles. The number of carbonyl (C=O) groups is 1. The summed E-state index contributed by atoms with van der Waals surface area (Å²) in [6.07, 6.45) is 6.36. The Labute approximate surface area is 118 Å². The van der Waals surface area contributed by atoms with Gasteiger partial charge >= 0.3 is 6.03 Å². The van der Waals surface area contributed by atoms with Gasteiger partial charge in [-0.3, -0.25) is 0 Å². The van der Waals surface area contributed by atoms with Crippen LogP contribution in [0.4, 0.5) is 4.79 Å². The zero-order valence-corrected chi connectivity index (χ0v) is 11.7. The Balaban J connectivity index is 1.66. The second-order valence-electron chi connectivity index (χ2n) is 5.56. The Morgan fingerprint density at radius 2 is 2.10 bits per heavy atom. The van der Waals surface area contributed by atoms with Crippen molar-refractivity contribution in [1.29, 1.82) is 0 Å². The van der Waals surface area contributed by atoms with E-state index in [0.29, 0.717) is 5.92 Å². The van der Waals surface area contributed by atoms with Crippen LogP contribution >= 0.6 is 0 Å². The summed E-state index contributed by atoms with van der Waals surface area (Å²) in [6.45, 7) is 2.21. The van der Waals surface area contributed by atoms with E-state index < -0.39 is 0 Å². The Kier molecular flexibility index (Phi) is 3.58. The van der Waals surface area contributed by atoms with Crippen LogP contribution in [0.25, 0.3) is 11.0 Å². The molecule has 0 bridgehead atoms. The average molecular weight is 272 g/mol. The number of carbonyl (C=O) groups excluding carboxylic acids is 1. The van der Waals surface area contributed by atoms with Crippen molar-refractivity contribution >= 4 is 17.1 Å². The number of benzene rings is 1. The lowest BCUT2D eigenvalue weighted by Gasteiger charge is -2.29. The molecule has 0 unspecified atom stereocenters. The minimum Gasteiger partial charge on any atom is -0.334 e. The van der Waals surface area contributed by atoms with Crippen molar-refractivity contribution in [2.75, 3.05) is 5.43 Å². The van der Waals surface area contributed by atoms with Crippen LogP contribution < -0.4 is 10.7 Å². The number of fused-ring (bicyclic) bond motifs is 1. The highest BCUT2D eigenvalue weighted by molar-refractivity contribution is 5.85. The Morgan fingerprint density at radius 1 is 1.30 bits per heavy atom. The van der Waals surface area contributed by atoms with E-state index in [4.69, 9.17) is 0 Å². The molecule has 1 aromatic heterocycles. The van der Waals surface area contributed by atoms with Crippen LogP contribution in [0.5, 0.6) is 0 Å². The lowest BCUT2D eigenvalue weighted by Crippen LogP contribution is -2.45. The summed E-state index contributed by atoms with van der Waals surface area (Å²) in [5.41, 5.74) is 4.61. The van der Waals surface area contributed by atoms with E-state index in [1.807, 2.05) is 24.3 Å². The molecule has 1 aliphatic rings. The van der Waals surface area contributed by atoms with Gasteiger partial charge in [-0.05, 0) is 30.9 Å². The quantitative estimate of drug-likeness (QED) is 0.883. The van der Waals surface area contributed by atoms with Crippen molar-refractivity contribution in [2.24, 2.45) is 5.92 Å². The molecule has 1 saturated carbocycles. The van der Waals surface area contributed by atoms with E-state index in [0.717, 1.165) is 17.5 Å². The zero-order chi connectivity index (χ0) is 13.9. The summed E-state index contributed by atoms with van der Waals surface area (Å²) < 4.78 is 1.66. The number of para-hydroxylation sites is 2. The maximum atomic E-state index is 12.1. The molecular formula is C15H20N4O. The number of nitrogens with one attached hydrogen (secondary N) is 2. The van der Waals surface area contributed by atoms with Gasteiger partial charge < -0.3 is 5.32 Å². The fraction of sp³-hybridized carbons (Fsp3) is 0.467. The molecule has 1 aromatic carbocycles. The molecule has 5 nitrogen and oxygen atoms in total. The Morgan fingerprint density at radius 3 is 2.95 bits per heavy atom. The molecule has 2 aromatic rings. The molecule has 1 aliphatic carbocycles. The van der Waals surface area contributed by atoms with Crippen molar-refractivity contribution in [2.45, 2.75) is 38.6 Å². The number of hydrogen-bond donors (Lipinski definition) is 2. The summed E-state index contributed by atoms with van der Waals surface area (Å²) in [5, 5.41) is 3.07. The summed E-state index contributed by atoms with van der Waals surface area (Å²) in [5.74, 6) is 0.550. The normalized spacial score (nSPS) is 22.6. The molecule has 0 radical (unpaired) electrons. The molecule has 0 aliphatic heterocycles. The van der Waals surface area contributed by atoms with E-state index in [2.05, 4.69) is 22.7 Å². The molecule has 5 heteroatoms. The summed E-state index contributed by atoms with van der Waals surface area (Å²) >= 11 is 0. The third-order valence-electron chi connectivity index (χ3n) is 4.10. The molecular weight excluding hydrogens is 252 g/mol. The number of hydrogen-bond acceptors (Lipinski definition) is 2. The number of rotatable bonds is 2. The van der Waals surface area contributed by atoms with Gasteiger partial charge in [-0.2, -0.15) is 0 Å². The third kappa shape index (κ3) is 2.61. The topological polar surface area (TPSA) is 59.0 Å². The molecule has 2 atom stereocenters. The van der Waals surface area contributed by atoms with Crippen molar-refractivity contribution in [3.63, 3.8) is 0 Å². The van der Waals surface area contributed by atoms with Gasteiger partial charge in [0, 0.05) is 6.04 Å². The largest absolute Gasteiger partial charge is 0.334 e. The predicted octanol–water partition coefficient (Wildman–Crippen LogP) is 2.87. The van der Waals surface area contributed by atoms with Gasteiger partial charge in [0.05, 0.1) is 11.0 Å². The van der Waals surface area contributed by atoms with Crippen molar-refractivity contribution in [3.05, 3.63) is 30.6 Å². The van der Waals surface area contributed by atoms with Crippen LogP contribution in [0, 0.1) is 5.92 Å². The van der Waals surface area contributed by atoms with E-state index in [1.54, 1.807) is 11.0 Å². The maximum Gasteiger partial charge on any atom is 0.334 e. The van der Waals surface area contributed by atoms with Gasteiger partial charge in [-0.1, -0.05) is 31.9 Å². The highest BCUT2D eigenvalue weighted by Crippen LogP contribution is 2.23.